The van der Waals surface area contributed by atoms with Crippen LogP contribution in [0, 0.1) is 0 Å². The Bertz CT molecular complexity index is 1010. The fourth-order valence-corrected chi connectivity index (χ4v) is 3.03. The summed E-state index contributed by atoms with van der Waals surface area (Å²) in [5, 5.41) is 4.31. The predicted octanol–water partition coefficient (Wildman–Crippen LogP) is 4.39. The van der Waals surface area contributed by atoms with Crippen molar-refractivity contribution in [2.24, 2.45) is 0 Å². The number of unbranched alkanes of at least 4 members (excludes halogenated alkanes) is 2. The number of hydrogen-bond donors (Lipinski definition) is 1. The van der Waals surface area contributed by atoms with Gasteiger partial charge < -0.3 is 4.57 Å². The maximum absolute atomic E-state index is 12.8. The molecule has 6 nitrogen and oxygen atoms in total. The van der Waals surface area contributed by atoms with Gasteiger partial charge in [0.05, 0.1) is 0 Å². The Kier molecular flexibility index (Phi) is 6.53. The molecular weight excluding hydrogens is 352 g/mol. The first-order chi connectivity index (χ1) is 13.6. The van der Waals surface area contributed by atoms with Gasteiger partial charge in [-0.3, -0.25) is 14.9 Å². The first-order valence-corrected chi connectivity index (χ1v) is 9.88. The summed E-state index contributed by atoms with van der Waals surface area (Å²) in [6.07, 6.45) is 9.50. The summed E-state index contributed by atoms with van der Waals surface area (Å²) in [5.74, 6) is 0.223. The van der Waals surface area contributed by atoms with E-state index in [0.29, 0.717) is 17.8 Å². The zero-order valence-electron chi connectivity index (χ0n) is 16.4. The Morgan fingerprint density at radius 1 is 1.04 bits per heavy atom. The summed E-state index contributed by atoms with van der Waals surface area (Å²) in [4.78, 5) is 33.0. The molecule has 1 aromatic carbocycles. The molecule has 0 spiro atoms. The third-order valence-electron chi connectivity index (χ3n) is 4.72. The lowest BCUT2D eigenvalue weighted by Crippen LogP contribution is -2.19. The van der Waals surface area contributed by atoms with E-state index in [1.165, 1.54) is 0 Å². The Labute approximate surface area is 164 Å². The molecule has 3 rings (SSSR count). The van der Waals surface area contributed by atoms with Gasteiger partial charge in [0.15, 0.2) is 0 Å². The molecule has 0 saturated heterocycles. The van der Waals surface area contributed by atoms with E-state index >= 15 is 0 Å². The molecule has 0 aliphatic rings. The van der Waals surface area contributed by atoms with Gasteiger partial charge in [-0.15, -0.1) is 0 Å². The fourth-order valence-electron chi connectivity index (χ4n) is 3.03. The van der Waals surface area contributed by atoms with Crippen LogP contribution in [0.5, 0.6) is 0 Å². The number of aryl methyl sites for hydroxylation is 1. The van der Waals surface area contributed by atoms with Crippen LogP contribution in [-0.4, -0.2) is 20.4 Å². The first-order valence-electron chi connectivity index (χ1n) is 9.88. The molecule has 2 aromatic heterocycles. The maximum Gasteiger partial charge on any atom is 0.258 e. The van der Waals surface area contributed by atoms with Crippen LogP contribution in [0.15, 0.2) is 47.7 Å². The summed E-state index contributed by atoms with van der Waals surface area (Å²) in [6.45, 7) is 4.88. The number of amides is 1. The molecule has 0 aliphatic carbocycles. The standard InChI is InChI=1S/C22H26N4O2/c1-3-5-7-20(27)25-22-23-14-18(15-24-22)17-9-8-16-10-12-26(11-6-4-2)21(28)19(16)13-17/h8-10,12-15H,3-7,11H2,1-2H3,(H,23,24,25,27). The smallest absolute Gasteiger partial charge is 0.258 e. The van der Waals surface area contributed by atoms with E-state index in [2.05, 4.69) is 22.2 Å². The molecule has 0 radical (unpaired) electrons. The lowest BCUT2D eigenvalue weighted by molar-refractivity contribution is -0.116. The molecular formula is C22H26N4O2. The van der Waals surface area contributed by atoms with Crippen LogP contribution in [-0.2, 0) is 11.3 Å². The third-order valence-corrected chi connectivity index (χ3v) is 4.72. The van der Waals surface area contributed by atoms with E-state index in [1.807, 2.05) is 37.4 Å². The van der Waals surface area contributed by atoms with E-state index in [0.717, 1.165) is 48.7 Å². The Morgan fingerprint density at radius 3 is 2.50 bits per heavy atom. The highest BCUT2D eigenvalue weighted by molar-refractivity contribution is 5.89. The Hall–Kier alpha value is -3.02. The average molecular weight is 378 g/mol. The number of carbonyl (C=O) groups excluding carboxylic acids is 1. The second-order valence-corrected chi connectivity index (χ2v) is 6.92. The minimum absolute atomic E-state index is 0.0218. The highest BCUT2D eigenvalue weighted by Gasteiger charge is 2.08. The molecule has 0 unspecified atom stereocenters. The van der Waals surface area contributed by atoms with Crippen LogP contribution < -0.4 is 10.9 Å². The molecule has 0 aliphatic heterocycles. The number of pyridine rings is 1. The monoisotopic (exact) mass is 378 g/mol. The number of aromatic nitrogens is 3. The van der Waals surface area contributed by atoms with Crippen LogP contribution in [0.25, 0.3) is 21.9 Å². The topological polar surface area (TPSA) is 76.9 Å². The molecule has 2 heterocycles. The number of benzene rings is 1. The van der Waals surface area contributed by atoms with Crippen LogP contribution in [0.1, 0.15) is 46.0 Å². The van der Waals surface area contributed by atoms with Crippen molar-refractivity contribution in [1.82, 2.24) is 14.5 Å². The van der Waals surface area contributed by atoms with Gasteiger partial charge in [0.1, 0.15) is 0 Å². The van der Waals surface area contributed by atoms with Gasteiger partial charge in [-0.1, -0.05) is 38.8 Å². The van der Waals surface area contributed by atoms with Gasteiger partial charge in [0, 0.05) is 42.5 Å². The zero-order valence-corrected chi connectivity index (χ0v) is 16.4. The number of hydrogen-bond acceptors (Lipinski definition) is 4. The van der Waals surface area contributed by atoms with Crippen molar-refractivity contribution < 1.29 is 4.79 Å². The van der Waals surface area contributed by atoms with Crippen molar-refractivity contribution in [1.29, 1.82) is 0 Å². The van der Waals surface area contributed by atoms with E-state index in [4.69, 9.17) is 0 Å². The van der Waals surface area contributed by atoms with Crippen LogP contribution in [0.4, 0.5) is 5.95 Å². The number of fused-ring (bicyclic) bond motifs is 1. The van der Waals surface area contributed by atoms with E-state index in [9.17, 15) is 9.59 Å². The molecule has 3 aromatic rings. The molecule has 0 atom stereocenters. The van der Waals surface area contributed by atoms with E-state index in [1.54, 1.807) is 17.0 Å². The molecule has 0 saturated carbocycles. The quantitative estimate of drug-likeness (QED) is 0.631. The molecule has 28 heavy (non-hydrogen) atoms. The van der Waals surface area contributed by atoms with Crippen molar-refractivity contribution in [3.05, 3.63) is 53.2 Å². The third kappa shape index (κ3) is 4.63. The molecule has 0 bridgehead atoms. The molecule has 1 N–H and O–H groups in total. The highest BCUT2D eigenvalue weighted by Crippen LogP contribution is 2.22. The van der Waals surface area contributed by atoms with Crippen LogP contribution in [0.2, 0.25) is 0 Å². The molecule has 6 heteroatoms. The zero-order chi connectivity index (χ0) is 19.9. The highest BCUT2D eigenvalue weighted by atomic mass is 16.1. The molecule has 0 fully saturated rings. The van der Waals surface area contributed by atoms with Crippen LogP contribution in [0.3, 0.4) is 0 Å². The first kappa shape index (κ1) is 19.7. The van der Waals surface area contributed by atoms with Gasteiger partial charge in [-0.2, -0.15) is 0 Å². The van der Waals surface area contributed by atoms with Gasteiger partial charge in [-0.25, -0.2) is 9.97 Å². The lowest BCUT2D eigenvalue weighted by Gasteiger charge is -2.08. The van der Waals surface area contributed by atoms with Gasteiger partial charge in [0.2, 0.25) is 11.9 Å². The second kappa shape index (κ2) is 9.26. The van der Waals surface area contributed by atoms with Crippen molar-refractivity contribution in [3.63, 3.8) is 0 Å². The Morgan fingerprint density at radius 2 is 1.79 bits per heavy atom. The summed E-state index contributed by atoms with van der Waals surface area (Å²) < 4.78 is 1.76. The minimum atomic E-state index is -0.0760. The summed E-state index contributed by atoms with van der Waals surface area (Å²) in [7, 11) is 0. The number of rotatable bonds is 8. The number of nitrogens with zero attached hydrogens (tertiary/aromatic N) is 3. The normalized spacial score (nSPS) is 10.9. The lowest BCUT2D eigenvalue weighted by atomic mass is 10.0. The van der Waals surface area contributed by atoms with Crippen molar-refractivity contribution in [3.8, 4) is 11.1 Å². The van der Waals surface area contributed by atoms with Crippen molar-refractivity contribution in [2.75, 3.05) is 5.32 Å². The van der Waals surface area contributed by atoms with Gasteiger partial charge in [-0.05, 0) is 35.9 Å². The van der Waals surface area contributed by atoms with Crippen molar-refractivity contribution in [2.45, 2.75) is 52.5 Å². The predicted molar refractivity (Wildman–Crippen MR) is 112 cm³/mol. The summed E-state index contributed by atoms with van der Waals surface area (Å²) >= 11 is 0. The average Bonchev–Trinajstić information content (AvgIpc) is 2.72. The van der Waals surface area contributed by atoms with Crippen molar-refractivity contribution >= 4 is 22.6 Å². The Balaban J connectivity index is 1.83. The number of anilines is 1. The summed E-state index contributed by atoms with van der Waals surface area (Å²) in [6, 6.07) is 7.76. The second-order valence-electron chi connectivity index (χ2n) is 6.92. The van der Waals surface area contributed by atoms with E-state index in [-0.39, 0.29) is 11.5 Å². The SMILES string of the molecule is CCCCC(=O)Nc1ncc(-c2ccc3ccn(CCCC)c(=O)c3c2)cn1. The summed E-state index contributed by atoms with van der Waals surface area (Å²) in [5.41, 5.74) is 1.70. The number of carbonyl (C=O) groups is 1. The van der Waals surface area contributed by atoms with Gasteiger partial charge in [0.25, 0.3) is 5.56 Å². The van der Waals surface area contributed by atoms with Crippen LogP contribution >= 0.6 is 0 Å². The van der Waals surface area contributed by atoms with Gasteiger partial charge >= 0.3 is 0 Å². The maximum atomic E-state index is 12.8. The number of nitrogens with one attached hydrogen (secondary N) is 1. The molecule has 1 amide bonds. The van der Waals surface area contributed by atoms with E-state index < -0.39 is 0 Å². The molecule has 146 valence electrons. The minimum Gasteiger partial charge on any atom is -0.315 e. The fraction of sp³-hybridized carbons (Fsp3) is 0.364. The largest absolute Gasteiger partial charge is 0.315 e.